The normalized spacial score (nSPS) is 10.8. The molecule has 2 heterocycles. The second kappa shape index (κ2) is 7.31. The monoisotopic (exact) mass is 438 g/mol. The average Bonchev–Trinajstić information content (AvgIpc) is 3.27. The standard InChI is InChI=1S/C18H15BrN8O/c1-11-17(22-24-26(11)15-7-3-5-13(19)9-15)18(28)20-14-6-4-8-16(10-14)27-12(2)21-23-25-27/h3-10H,1-2H3,(H,20,28). The highest BCUT2D eigenvalue weighted by Crippen LogP contribution is 2.19. The Hall–Kier alpha value is -3.40. The summed E-state index contributed by atoms with van der Waals surface area (Å²) in [6, 6.07) is 14.9. The third-order valence-electron chi connectivity index (χ3n) is 4.14. The van der Waals surface area contributed by atoms with Gasteiger partial charge >= 0.3 is 0 Å². The number of amides is 1. The Morgan fingerprint density at radius 1 is 0.964 bits per heavy atom. The summed E-state index contributed by atoms with van der Waals surface area (Å²) in [5, 5.41) is 22.5. The molecule has 0 spiro atoms. The quantitative estimate of drug-likeness (QED) is 0.525. The Kier molecular flexibility index (Phi) is 4.70. The van der Waals surface area contributed by atoms with Crippen molar-refractivity contribution in [1.29, 1.82) is 0 Å². The summed E-state index contributed by atoms with van der Waals surface area (Å²) >= 11 is 3.44. The average molecular weight is 439 g/mol. The van der Waals surface area contributed by atoms with Crippen LogP contribution in [0.3, 0.4) is 0 Å². The summed E-state index contributed by atoms with van der Waals surface area (Å²) in [6.07, 6.45) is 0. The van der Waals surface area contributed by atoms with Crippen LogP contribution in [-0.4, -0.2) is 41.1 Å². The molecule has 2 aromatic heterocycles. The molecule has 1 amide bonds. The number of hydrogen-bond acceptors (Lipinski definition) is 6. The van der Waals surface area contributed by atoms with Crippen LogP contribution in [-0.2, 0) is 0 Å². The maximum Gasteiger partial charge on any atom is 0.278 e. The van der Waals surface area contributed by atoms with Gasteiger partial charge in [-0.05, 0) is 60.7 Å². The van der Waals surface area contributed by atoms with Crippen molar-refractivity contribution in [3.8, 4) is 11.4 Å². The summed E-state index contributed by atoms with van der Waals surface area (Å²) in [4.78, 5) is 12.7. The molecule has 4 rings (SSSR count). The van der Waals surface area contributed by atoms with Crippen molar-refractivity contribution < 1.29 is 4.79 Å². The van der Waals surface area contributed by atoms with Crippen LogP contribution in [0.1, 0.15) is 22.0 Å². The lowest BCUT2D eigenvalue weighted by atomic mass is 10.2. The van der Waals surface area contributed by atoms with Crippen molar-refractivity contribution in [2.45, 2.75) is 13.8 Å². The number of aromatic nitrogens is 7. The number of carbonyl (C=O) groups is 1. The summed E-state index contributed by atoms with van der Waals surface area (Å²) in [6.45, 7) is 3.60. The summed E-state index contributed by atoms with van der Waals surface area (Å²) in [5.74, 6) is 0.306. The van der Waals surface area contributed by atoms with Gasteiger partial charge in [0.1, 0.15) is 0 Å². The molecule has 140 valence electrons. The first-order chi connectivity index (χ1) is 13.5. The number of nitrogens with one attached hydrogen (secondary N) is 1. The summed E-state index contributed by atoms with van der Waals surface area (Å²) in [5.41, 5.74) is 3.06. The molecule has 0 aliphatic heterocycles. The number of tetrazole rings is 1. The molecule has 0 saturated heterocycles. The van der Waals surface area contributed by atoms with Crippen LogP contribution >= 0.6 is 15.9 Å². The zero-order valence-electron chi connectivity index (χ0n) is 15.0. The smallest absolute Gasteiger partial charge is 0.278 e. The Balaban J connectivity index is 1.59. The van der Waals surface area contributed by atoms with E-state index in [-0.39, 0.29) is 11.6 Å². The van der Waals surface area contributed by atoms with Crippen LogP contribution < -0.4 is 5.32 Å². The Bertz CT molecular complexity index is 1170. The number of nitrogens with zero attached hydrogens (tertiary/aromatic N) is 7. The highest BCUT2D eigenvalue weighted by atomic mass is 79.9. The summed E-state index contributed by atoms with van der Waals surface area (Å²) in [7, 11) is 0. The molecule has 0 fully saturated rings. The van der Waals surface area contributed by atoms with Crippen LogP contribution in [0.25, 0.3) is 11.4 Å². The molecule has 0 unspecified atom stereocenters. The van der Waals surface area contributed by atoms with E-state index in [0.29, 0.717) is 17.2 Å². The minimum atomic E-state index is -0.343. The Morgan fingerprint density at radius 2 is 1.71 bits per heavy atom. The molecule has 2 aromatic carbocycles. The maximum atomic E-state index is 12.7. The molecule has 0 atom stereocenters. The minimum absolute atomic E-state index is 0.254. The fourth-order valence-corrected chi connectivity index (χ4v) is 3.16. The van der Waals surface area contributed by atoms with E-state index in [0.717, 1.165) is 15.8 Å². The van der Waals surface area contributed by atoms with E-state index in [1.165, 1.54) is 0 Å². The van der Waals surface area contributed by atoms with E-state index in [4.69, 9.17) is 0 Å². The zero-order valence-corrected chi connectivity index (χ0v) is 16.6. The number of benzene rings is 2. The van der Waals surface area contributed by atoms with Crippen molar-refractivity contribution in [2.75, 3.05) is 5.32 Å². The molecule has 28 heavy (non-hydrogen) atoms. The third kappa shape index (κ3) is 3.41. The van der Waals surface area contributed by atoms with Crippen LogP contribution in [0.4, 0.5) is 5.69 Å². The lowest BCUT2D eigenvalue weighted by molar-refractivity contribution is 0.102. The van der Waals surface area contributed by atoms with Gasteiger partial charge in [-0.1, -0.05) is 33.3 Å². The van der Waals surface area contributed by atoms with E-state index in [1.807, 2.05) is 36.4 Å². The number of halogens is 1. The number of aryl methyl sites for hydroxylation is 1. The Labute approximate surface area is 168 Å². The van der Waals surface area contributed by atoms with Gasteiger partial charge < -0.3 is 5.32 Å². The van der Waals surface area contributed by atoms with Gasteiger partial charge in [0.15, 0.2) is 11.5 Å². The Morgan fingerprint density at radius 3 is 2.43 bits per heavy atom. The van der Waals surface area contributed by atoms with E-state index in [1.54, 1.807) is 35.3 Å². The van der Waals surface area contributed by atoms with E-state index >= 15 is 0 Å². The molecular formula is C18H15BrN8O. The van der Waals surface area contributed by atoms with Gasteiger partial charge in [-0.15, -0.1) is 10.2 Å². The lowest BCUT2D eigenvalue weighted by Crippen LogP contribution is -2.14. The molecule has 0 aliphatic carbocycles. The maximum absolute atomic E-state index is 12.7. The van der Waals surface area contributed by atoms with Gasteiger partial charge in [-0.2, -0.15) is 4.68 Å². The molecule has 0 radical (unpaired) electrons. The second-order valence-corrected chi connectivity index (χ2v) is 6.97. The highest BCUT2D eigenvalue weighted by Gasteiger charge is 2.18. The molecule has 10 heteroatoms. The van der Waals surface area contributed by atoms with Crippen LogP contribution in [0, 0.1) is 13.8 Å². The number of anilines is 1. The van der Waals surface area contributed by atoms with E-state index < -0.39 is 0 Å². The van der Waals surface area contributed by atoms with Gasteiger partial charge in [-0.25, -0.2) is 4.68 Å². The predicted molar refractivity (Wildman–Crippen MR) is 106 cm³/mol. The van der Waals surface area contributed by atoms with E-state index in [2.05, 4.69) is 47.1 Å². The second-order valence-electron chi connectivity index (χ2n) is 6.06. The van der Waals surface area contributed by atoms with Gasteiger partial charge in [0.2, 0.25) is 0 Å². The number of rotatable bonds is 4. The van der Waals surface area contributed by atoms with Crippen molar-refractivity contribution >= 4 is 27.5 Å². The van der Waals surface area contributed by atoms with Crippen LogP contribution in [0.15, 0.2) is 53.0 Å². The molecule has 1 N–H and O–H groups in total. The van der Waals surface area contributed by atoms with Gasteiger partial charge in [-0.3, -0.25) is 4.79 Å². The minimum Gasteiger partial charge on any atom is -0.320 e. The fraction of sp³-hybridized carbons (Fsp3) is 0.111. The largest absolute Gasteiger partial charge is 0.320 e. The first-order valence-electron chi connectivity index (χ1n) is 8.38. The van der Waals surface area contributed by atoms with Gasteiger partial charge in [0.25, 0.3) is 5.91 Å². The zero-order chi connectivity index (χ0) is 19.7. The molecular weight excluding hydrogens is 424 g/mol. The van der Waals surface area contributed by atoms with Crippen LogP contribution in [0.5, 0.6) is 0 Å². The number of carbonyl (C=O) groups excluding carboxylic acids is 1. The first-order valence-corrected chi connectivity index (χ1v) is 9.17. The van der Waals surface area contributed by atoms with Gasteiger partial charge in [0.05, 0.1) is 17.1 Å². The topological polar surface area (TPSA) is 103 Å². The lowest BCUT2D eigenvalue weighted by Gasteiger charge is -2.07. The number of hydrogen-bond donors (Lipinski definition) is 1. The van der Waals surface area contributed by atoms with Crippen molar-refractivity contribution in [3.05, 3.63) is 70.2 Å². The molecule has 0 saturated carbocycles. The molecule has 4 aromatic rings. The van der Waals surface area contributed by atoms with Crippen molar-refractivity contribution in [2.24, 2.45) is 0 Å². The van der Waals surface area contributed by atoms with Crippen LogP contribution in [0.2, 0.25) is 0 Å². The third-order valence-corrected chi connectivity index (χ3v) is 4.63. The van der Waals surface area contributed by atoms with Crippen molar-refractivity contribution in [3.63, 3.8) is 0 Å². The highest BCUT2D eigenvalue weighted by molar-refractivity contribution is 9.10. The predicted octanol–water partition coefficient (Wildman–Crippen LogP) is 2.87. The van der Waals surface area contributed by atoms with Crippen molar-refractivity contribution in [1.82, 2.24) is 35.2 Å². The molecule has 0 aliphatic rings. The molecule has 0 bridgehead atoms. The fourth-order valence-electron chi connectivity index (χ4n) is 2.77. The SMILES string of the molecule is Cc1nnnn1-c1cccc(NC(=O)c2nnn(-c3cccc(Br)c3)c2C)c1. The van der Waals surface area contributed by atoms with E-state index in [9.17, 15) is 4.79 Å². The van der Waals surface area contributed by atoms with Gasteiger partial charge in [0, 0.05) is 10.2 Å². The summed E-state index contributed by atoms with van der Waals surface area (Å²) < 4.78 is 4.13. The molecule has 9 nitrogen and oxygen atoms in total. The first kappa shape index (κ1) is 18.0.